The van der Waals surface area contributed by atoms with Crippen molar-refractivity contribution in [1.82, 2.24) is 5.32 Å². The van der Waals surface area contributed by atoms with Gasteiger partial charge in [-0.2, -0.15) is 0 Å². The van der Waals surface area contributed by atoms with Crippen LogP contribution in [0.1, 0.15) is 0 Å². The van der Waals surface area contributed by atoms with Gasteiger partial charge in [0.1, 0.15) is 0 Å². The van der Waals surface area contributed by atoms with E-state index in [1.807, 2.05) is 0 Å². The third-order valence-corrected chi connectivity index (χ3v) is 2.48. The summed E-state index contributed by atoms with van der Waals surface area (Å²) >= 11 is 0. The van der Waals surface area contributed by atoms with Crippen LogP contribution < -0.4 is 5.32 Å². The number of aliphatic hydroxyl groups excluding tert-OH is 1. The predicted octanol–water partition coefficient (Wildman–Crippen LogP) is -0.556. The molecular formula is C6H11NO. The van der Waals surface area contributed by atoms with Crippen molar-refractivity contribution in [2.24, 2.45) is 17.8 Å². The molecule has 2 aliphatic rings. The molecule has 0 aromatic carbocycles. The van der Waals surface area contributed by atoms with E-state index in [0.717, 1.165) is 24.9 Å². The highest BCUT2D eigenvalue weighted by atomic mass is 16.3. The van der Waals surface area contributed by atoms with Gasteiger partial charge in [-0.25, -0.2) is 0 Å². The van der Waals surface area contributed by atoms with Gasteiger partial charge >= 0.3 is 0 Å². The van der Waals surface area contributed by atoms with Crippen molar-refractivity contribution in [2.45, 2.75) is 0 Å². The van der Waals surface area contributed by atoms with Crippen LogP contribution in [0.5, 0.6) is 0 Å². The SMILES string of the molecule is OC[C@@H]1[C@H]2CNC[C@@H]12. The largest absolute Gasteiger partial charge is 0.396 e. The molecule has 2 fully saturated rings. The average Bonchev–Trinajstić information content (AvgIpc) is 2.22. The summed E-state index contributed by atoms with van der Waals surface area (Å²) in [7, 11) is 0. The van der Waals surface area contributed by atoms with E-state index in [9.17, 15) is 0 Å². The van der Waals surface area contributed by atoms with Crippen LogP contribution in [-0.4, -0.2) is 24.8 Å². The maximum Gasteiger partial charge on any atom is 0.0465 e. The van der Waals surface area contributed by atoms with Gasteiger partial charge in [-0.15, -0.1) is 0 Å². The molecule has 0 spiro atoms. The van der Waals surface area contributed by atoms with Crippen molar-refractivity contribution in [3.8, 4) is 0 Å². The molecular weight excluding hydrogens is 102 g/mol. The van der Waals surface area contributed by atoms with Gasteiger partial charge < -0.3 is 10.4 Å². The molecule has 2 N–H and O–H groups in total. The Morgan fingerprint density at radius 1 is 1.38 bits per heavy atom. The molecule has 0 unspecified atom stereocenters. The van der Waals surface area contributed by atoms with Crippen molar-refractivity contribution in [3.05, 3.63) is 0 Å². The fourth-order valence-corrected chi connectivity index (χ4v) is 1.82. The topological polar surface area (TPSA) is 32.3 Å². The van der Waals surface area contributed by atoms with E-state index in [4.69, 9.17) is 5.11 Å². The van der Waals surface area contributed by atoms with Crippen LogP contribution in [0.3, 0.4) is 0 Å². The van der Waals surface area contributed by atoms with Crippen LogP contribution in [0.4, 0.5) is 0 Å². The lowest BCUT2D eigenvalue weighted by Gasteiger charge is -1.97. The highest BCUT2D eigenvalue weighted by molar-refractivity contribution is 5.03. The van der Waals surface area contributed by atoms with E-state index in [0.29, 0.717) is 12.5 Å². The molecule has 1 aliphatic heterocycles. The number of nitrogens with one attached hydrogen (secondary N) is 1. The van der Waals surface area contributed by atoms with E-state index in [-0.39, 0.29) is 0 Å². The van der Waals surface area contributed by atoms with Crippen molar-refractivity contribution in [2.75, 3.05) is 19.7 Å². The van der Waals surface area contributed by atoms with Crippen molar-refractivity contribution in [1.29, 1.82) is 0 Å². The number of aliphatic hydroxyl groups is 1. The fourth-order valence-electron chi connectivity index (χ4n) is 1.82. The van der Waals surface area contributed by atoms with Crippen LogP contribution in [0, 0.1) is 17.8 Å². The van der Waals surface area contributed by atoms with Gasteiger partial charge in [0.2, 0.25) is 0 Å². The maximum atomic E-state index is 8.68. The molecule has 0 aromatic rings. The Labute approximate surface area is 48.9 Å². The Bertz CT molecular complexity index is 87.9. The van der Waals surface area contributed by atoms with Crippen molar-refractivity contribution >= 4 is 0 Å². The zero-order chi connectivity index (χ0) is 5.56. The molecule has 2 rings (SSSR count). The Morgan fingerprint density at radius 2 is 2.00 bits per heavy atom. The van der Waals surface area contributed by atoms with Crippen LogP contribution >= 0.6 is 0 Å². The highest BCUT2D eigenvalue weighted by Gasteiger charge is 2.51. The molecule has 0 radical (unpaired) electrons. The first-order chi connectivity index (χ1) is 3.93. The summed E-state index contributed by atoms with van der Waals surface area (Å²) in [5, 5.41) is 12.0. The zero-order valence-electron chi connectivity index (χ0n) is 4.80. The second-order valence-corrected chi connectivity index (χ2v) is 2.83. The number of piperidine rings is 1. The Morgan fingerprint density at radius 3 is 2.38 bits per heavy atom. The van der Waals surface area contributed by atoms with Gasteiger partial charge in [-0.05, 0) is 30.8 Å². The number of rotatable bonds is 1. The van der Waals surface area contributed by atoms with Gasteiger partial charge in [0, 0.05) is 6.61 Å². The maximum absolute atomic E-state index is 8.68. The highest BCUT2D eigenvalue weighted by Crippen LogP contribution is 2.47. The molecule has 8 heavy (non-hydrogen) atoms. The van der Waals surface area contributed by atoms with E-state index in [1.54, 1.807) is 0 Å². The molecule has 2 heteroatoms. The van der Waals surface area contributed by atoms with Crippen LogP contribution in [-0.2, 0) is 0 Å². The minimum atomic E-state index is 0.414. The standard InChI is InChI=1S/C6H11NO/c8-3-6-4-1-7-2-5(4)6/h4-8H,1-3H2/t4-,5+,6+. The lowest BCUT2D eigenvalue weighted by molar-refractivity contribution is 0.258. The molecule has 1 aliphatic carbocycles. The molecule has 1 saturated heterocycles. The summed E-state index contributed by atoms with van der Waals surface area (Å²) in [6.45, 7) is 2.71. The minimum Gasteiger partial charge on any atom is -0.396 e. The van der Waals surface area contributed by atoms with Gasteiger partial charge in [0.25, 0.3) is 0 Å². The van der Waals surface area contributed by atoms with Gasteiger partial charge in [-0.3, -0.25) is 0 Å². The van der Waals surface area contributed by atoms with Gasteiger partial charge in [0.15, 0.2) is 0 Å². The summed E-state index contributed by atoms with van der Waals surface area (Å²) in [6.07, 6.45) is 0. The third-order valence-electron chi connectivity index (χ3n) is 2.48. The summed E-state index contributed by atoms with van der Waals surface area (Å²) in [5.74, 6) is 2.33. The van der Waals surface area contributed by atoms with Gasteiger partial charge in [0.05, 0.1) is 0 Å². The Kier molecular flexibility index (Phi) is 0.866. The Balaban J connectivity index is 1.94. The second kappa shape index (κ2) is 1.45. The monoisotopic (exact) mass is 113 g/mol. The molecule has 0 amide bonds. The van der Waals surface area contributed by atoms with Crippen molar-refractivity contribution < 1.29 is 5.11 Å². The van der Waals surface area contributed by atoms with Crippen LogP contribution in [0.2, 0.25) is 0 Å². The first-order valence-corrected chi connectivity index (χ1v) is 3.25. The lowest BCUT2D eigenvalue weighted by Crippen LogP contribution is -2.15. The van der Waals surface area contributed by atoms with Crippen LogP contribution in [0.15, 0.2) is 0 Å². The quantitative estimate of drug-likeness (QED) is 0.478. The van der Waals surface area contributed by atoms with E-state index >= 15 is 0 Å². The van der Waals surface area contributed by atoms with E-state index in [2.05, 4.69) is 5.32 Å². The normalized spacial score (nSPS) is 51.4. The van der Waals surface area contributed by atoms with E-state index in [1.165, 1.54) is 0 Å². The molecule has 46 valence electrons. The molecule has 1 heterocycles. The van der Waals surface area contributed by atoms with Crippen molar-refractivity contribution in [3.63, 3.8) is 0 Å². The van der Waals surface area contributed by atoms with E-state index < -0.39 is 0 Å². The molecule has 2 nitrogen and oxygen atoms in total. The first-order valence-electron chi connectivity index (χ1n) is 3.25. The third kappa shape index (κ3) is 0.446. The molecule has 3 atom stereocenters. The number of fused-ring (bicyclic) bond motifs is 1. The summed E-state index contributed by atoms with van der Waals surface area (Å²) < 4.78 is 0. The molecule has 0 bridgehead atoms. The Hall–Kier alpha value is -0.0800. The number of hydrogen-bond donors (Lipinski definition) is 2. The van der Waals surface area contributed by atoms with Gasteiger partial charge in [-0.1, -0.05) is 0 Å². The molecule has 0 aromatic heterocycles. The van der Waals surface area contributed by atoms with Crippen LogP contribution in [0.25, 0.3) is 0 Å². The lowest BCUT2D eigenvalue weighted by atomic mass is 10.3. The fraction of sp³-hybridized carbons (Fsp3) is 1.00. The summed E-state index contributed by atoms with van der Waals surface area (Å²) in [4.78, 5) is 0. The summed E-state index contributed by atoms with van der Waals surface area (Å²) in [5.41, 5.74) is 0. The predicted molar refractivity (Wildman–Crippen MR) is 30.4 cm³/mol. The second-order valence-electron chi connectivity index (χ2n) is 2.83. The zero-order valence-corrected chi connectivity index (χ0v) is 4.80. The smallest absolute Gasteiger partial charge is 0.0465 e. The average molecular weight is 113 g/mol. The number of hydrogen-bond acceptors (Lipinski definition) is 2. The molecule has 1 saturated carbocycles. The minimum absolute atomic E-state index is 0.414. The first kappa shape index (κ1) is 4.77. The summed E-state index contributed by atoms with van der Waals surface area (Å²) in [6, 6.07) is 0.